The van der Waals surface area contributed by atoms with E-state index in [9.17, 15) is 24.3 Å². The molecule has 210 valence electrons. The molecule has 10 nitrogen and oxygen atoms in total. The Balaban J connectivity index is 2.37. The van der Waals surface area contributed by atoms with Gasteiger partial charge in [-0.15, -0.1) is 0 Å². The zero-order valence-electron chi connectivity index (χ0n) is 23.0. The molecule has 1 aliphatic heterocycles. The first-order chi connectivity index (χ1) is 17.2. The van der Waals surface area contributed by atoms with Crippen molar-refractivity contribution in [2.24, 2.45) is 29.6 Å². The largest absolute Gasteiger partial charge is 0.462 e. The van der Waals surface area contributed by atoms with E-state index >= 15 is 0 Å². The van der Waals surface area contributed by atoms with E-state index in [4.69, 9.17) is 23.7 Å². The van der Waals surface area contributed by atoms with Crippen LogP contribution >= 0.6 is 0 Å². The third-order valence-corrected chi connectivity index (χ3v) is 6.30. The van der Waals surface area contributed by atoms with Crippen molar-refractivity contribution in [3.05, 3.63) is 11.8 Å². The lowest BCUT2D eigenvalue weighted by atomic mass is 9.80. The van der Waals surface area contributed by atoms with E-state index < -0.39 is 54.3 Å². The fraction of sp³-hybridized carbons (Fsp3) is 0.778. The summed E-state index contributed by atoms with van der Waals surface area (Å²) in [6.07, 6.45) is -0.270. The van der Waals surface area contributed by atoms with Gasteiger partial charge in [-0.1, -0.05) is 41.5 Å². The second-order valence-corrected chi connectivity index (χ2v) is 11.3. The topological polar surface area (TPSA) is 135 Å². The standard InChI is InChI=1S/C27H42O10/c1-15(2)8-22(29)33-12-19-13-34-26(37-24(31)10-17(5)6)25-20(19)11-21(36-18(7)28)27(25,32)14-35-23(30)9-16(3)4/h13,15-17,20-21,25-26,32H,8-12,14H2,1-7H3/t20-,21-,25+,26-,27+/m1/s1. The fourth-order valence-corrected chi connectivity index (χ4v) is 4.72. The van der Waals surface area contributed by atoms with Crippen molar-refractivity contribution in [3.63, 3.8) is 0 Å². The minimum absolute atomic E-state index is 0.0339. The molecule has 2 rings (SSSR count). The van der Waals surface area contributed by atoms with Gasteiger partial charge in [0, 0.05) is 37.7 Å². The quantitative estimate of drug-likeness (QED) is 0.298. The van der Waals surface area contributed by atoms with Gasteiger partial charge in [0.05, 0.1) is 12.2 Å². The number of aliphatic hydroxyl groups is 1. The van der Waals surface area contributed by atoms with E-state index in [1.165, 1.54) is 13.2 Å². The van der Waals surface area contributed by atoms with E-state index in [-0.39, 0.29) is 56.0 Å². The summed E-state index contributed by atoms with van der Waals surface area (Å²) in [4.78, 5) is 48.9. The predicted octanol–water partition coefficient (Wildman–Crippen LogP) is 3.29. The predicted molar refractivity (Wildman–Crippen MR) is 131 cm³/mol. The van der Waals surface area contributed by atoms with Crippen LogP contribution in [0, 0.1) is 29.6 Å². The second-order valence-electron chi connectivity index (χ2n) is 11.3. The van der Waals surface area contributed by atoms with Gasteiger partial charge in [-0.25, -0.2) is 0 Å². The molecule has 2 aliphatic rings. The van der Waals surface area contributed by atoms with Crippen molar-refractivity contribution >= 4 is 23.9 Å². The van der Waals surface area contributed by atoms with Crippen LogP contribution in [0.1, 0.15) is 74.1 Å². The van der Waals surface area contributed by atoms with Gasteiger partial charge in [-0.3, -0.25) is 19.2 Å². The Morgan fingerprint density at radius 2 is 1.46 bits per heavy atom. The lowest BCUT2D eigenvalue weighted by molar-refractivity contribution is -0.225. The molecule has 0 unspecified atom stereocenters. The second kappa shape index (κ2) is 13.3. The Morgan fingerprint density at radius 3 is 2.00 bits per heavy atom. The average molecular weight is 527 g/mol. The molecule has 0 saturated heterocycles. The van der Waals surface area contributed by atoms with Gasteiger partial charge in [-0.2, -0.15) is 0 Å². The van der Waals surface area contributed by atoms with Crippen molar-refractivity contribution in [3.8, 4) is 0 Å². The van der Waals surface area contributed by atoms with Crippen molar-refractivity contribution < 1.29 is 48.0 Å². The lowest BCUT2D eigenvalue weighted by Gasteiger charge is -2.40. The maximum absolute atomic E-state index is 12.5. The first-order valence-electron chi connectivity index (χ1n) is 13.0. The van der Waals surface area contributed by atoms with Crippen molar-refractivity contribution in [1.82, 2.24) is 0 Å². The molecule has 1 saturated carbocycles. The number of fused-ring (bicyclic) bond motifs is 1. The third kappa shape index (κ3) is 8.72. The van der Waals surface area contributed by atoms with Crippen LogP contribution in [-0.2, 0) is 42.9 Å². The van der Waals surface area contributed by atoms with E-state index in [0.717, 1.165) is 0 Å². The van der Waals surface area contributed by atoms with Crippen molar-refractivity contribution in [2.45, 2.75) is 92.1 Å². The first-order valence-corrected chi connectivity index (χ1v) is 13.0. The number of ether oxygens (including phenoxy) is 5. The number of carbonyl (C=O) groups excluding carboxylic acids is 4. The summed E-state index contributed by atoms with van der Waals surface area (Å²) in [5.41, 5.74) is -1.37. The van der Waals surface area contributed by atoms with Crippen LogP contribution in [0.4, 0.5) is 0 Å². The van der Waals surface area contributed by atoms with Crippen LogP contribution in [0.5, 0.6) is 0 Å². The molecule has 0 spiro atoms. The summed E-state index contributed by atoms with van der Waals surface area (Å²) >= 11 is 0. The van der Waals surface area contributed by atoms with Gasteiger partial charge < -0.3 is 28.8 Å². The highest BCUT2D eigenvalue weighted by atomic mass is 16.7. The van der Waals surface area contributed by atoms with Crippen LogP contribution in [0.25, 0.3) is 0 Å². The first kappa shape index (κ1) is 30.6. The van der Waals surface area contributed by atoms with Gasteiger partial charge in [0.25, 0.3) is 0 Å². The van der Waals surface area contributed by atoms with Gasteiger partial charge in [0.1, 0.15) is 24.9 Å². The normalized spacial score (nSPS) is 26.8. The van der Waals surface area contributed by atoms with Crippen molar-refractivity contribution in [2.75, 3.05) is 13.2 Å². The summed E-state index contributed by atoms with van der Waals surface area (Å²) < 4.78 is 27.7. The zero-order chi connectivity index (χ0) is 27.9. The lowest BCUT2D eigenvalue weighted by Crippen LogP contribution is -2.55. The molecule has 1 N–H and O–H groups in total. The van der Waals surface area contributed by atoms with E-state index in [2.05, 4.69) is 0 Å². The minimum Gasteiger partial charge on any atom is -0.462 e. The van der Waals surface area contributed by atoms with Crippen LogP contribution in [0.3, 0.4) is 0 Å². The number of esters is 4. The van der Waals surface area contributed by atoms with E-state index in [0.29, 0.717) is 5.57 Å². The van der Waals surface area contributed by atoms with E-state index in [1.54, 1.807) is 0 Å². The smallest absolute Gasteiger partial charge is 0.309 e. The molecular weight excluding hydrogens is 484 g/mol. The Hall–Kier alpha value is -2.62. The molecule has 0 aromatic rings. The molecule has 1 heterocycles. The molecule has 0 radical (unpaired) electrons. The molecule has 5 atom stereocenters. The fourth-order valence-electron chi connectivity index (χ4n) is 4.72. The Morgan fingerprint density at radius 1 is 0.919 bits per heavy atom. The van der Waals surface area contributed by atoms with Gasteiger partial charge in [-0.05, 0) is 24.2 Å². The molecule has 1 fully saturated rings. The Kier molecular flexibility index (Phi) is 11.0. The molecule has 0 amide bonds. The van der Waals surface area contributed by atoms with Crippen LogP contribution in [-0.4, -0.2) is 60.2 Å². The third-order valence-electron chi connectivity index (χ3n) is 6.30. The van der Waals surface area contributed by atoms with Crippen molar-refractivity contribution in [1.29, 1.82) is 0 Å². The highest BCUT2D eigenvalue weighted by Gasteiger charge is 2.63. The monoisotopic (exact) mass is 526 g/mol. The summed E-state index contributed by atoms with van der Waals surface area (Å²) in [6, 6.07) is 0. The highest BCUT2D eigenvalue weighted by Crippen LogP contribution is 2.50. The molecular formula is C27H42O10. The van der Waals surface area contributed by atoms with Crippen LogP contribution in [0.2, 0.25) is 0 Å². The Bertz CT molecular complexity index is 861. The number of hydrogen-bond acceptors (Lipinski definition) is 10. The Labute approximate surface area is 219 Å². The molecule has 0 bridgehead atoms. The van der Waals surface area contributed by atoms with Crippen LogP contribution in [0.15, 0.2) is 11.8 Å². The highest BCUT2D eigenvalue weighted by molar-refractivity contribution is 5.71. The van der Waals surface area contributed by atoms with E-state index in [1.807, 2.05) is 41.5 Å². The number of hydrogen-bond donors (Lipinski definition) is 1. The van der Waals surface area contributed by atoms with Crippen LogP contribution < -0.4 is 0 Å². The summed E-state index contributed by atoms with van der Waals surface area (Å²) in [6.45, 7) is 11.9. The van der Waals surface area contributed by atoms with Gasteiger partial charge in [0.2, 0.25) is 6.29 Å². The molecule has 0 aromatic carbocycles. The summed E-state index contributed by atoms with van der Waals surface area (Å²) in [5, 5.41) is 11.9. The number of rotatable bonds is 12. The molecule has 37 heavy (non-hydrogen) atoms. The molecule has 0 aromatic heterocycles. The molecule has 1 aliphatic carbocycles. The average Bonchev–Trinajstić information content (AvgIpc) is 3.02. The SMILES string of the molecule is CC(=O)O[C@@H]1C[C@@H]2C(COC(=O)CC(C)C)=CO[C@H](OC(=O)CC(C)C)[C@H]2[C@]1(O)COC(=O)CC(C)C. The number of carbonyl (C=O) groups is 4. The molecule has 10 heteroatoms. The minimum atomic E-state index is -1.91. The summed E-state index contributed by atoms with van der Waals surface area (Å²) in [7, 11) is 0. The maximum atomic E-state index is 12.5. The van der Waals surface area contributed by atoms with Gasteiger partial charge in [0.15, 0.2) is 0 Å². The van der Waals surface area contributed by atoms with Gasteiger partial charge >= 0.3 is 23.9 Å². The summed E-state index contributed by atoms with van der Waals surface area (Å²) in [5.74, 6) is -3.33. The maximum Gasteiger partial charge on any atom is 0.309 e. The zero-order valence-corrected chi connectivity index (χ0v) is 23.0.